The maximum absolute atomic E-state index is 13.0. The molecule has 3 aliphatic rings. The van der Waals surface area contributed by atoms with Gasteiger partial charge >= 0.3 is 0 Å². The summed E-state index contributed by atoms with van der Waals surface area (Å²) in [6, 6.07) is 11.5. The fourth-order valence-corrected chi connectivity index (χ4v) is 4.28. The van der Waals surface area contributed by atoms with E-state index in [2.05, 4.69) is 33.0 Å². The van der Waals surface area contributed by atoms with E-state index in [-0.39, 0.29) is 5.82 Å². The molecule has 136 valence electrons. The van der Waals surface area contributed by atoms with Crippen molar-refractivity contribution in [1.82, 2.24) is 14.8 Å². The van der Waals surface area contributed by atoms with Crippen molar-refractivity contribution in [3.63, 3.8) is 0 Å². The zero-order valence-corrected chi connectivity index (χ0v) is 15.1. The SMILES string of the molecule is Fc1ccc(/C=C/CN2C[C@H]3CC[C@@H]2CN(Cc2cccnc2)C3)cc1. The van der Waals surface area contributed by atoms with Gasteiger partial charge in [0.25, 0.3) is 0 Å². The summed E-state index contributed by atoms with van der Waals surface area (Å²) >= 11 is 0. The maximum Gasteiger partial charge on any atom is 0.123 e. The van der Waals surface area contributed by atoms with Gasteiger partial charge in [0, 0.05) is 51.2 Å². The first-order chi connectivity index (χ1) is 12.8. The van der Waals surface area contributed by atoms with Crippen LogP contribution in [0.2, 0.25) is 0 Å². The molecule has 3 fully saturated rings. The van der Waals surface area contributed by atoms with E-state index in [0.717, 1.165) is 31.1 Å². The molecule has 0 radical (unpaired) electrons. The smallest absolute Gasteiger partial charge is 0.123 e. The maximum atomic E-state index is 13.0. The van der Waals surface area contributed by atoms with Gasteiger partial charge in [-0.05, 0) is 48.1 Å². The number of hydrogen-bond acceptors (Lipinski definition) is 3. The van der Waals surface area contributed by atoms with E-state index in [1.807, 2.05) is 30.6 Å². The third kappa shape index (κ3) is 4.37. The van der Waals surface area contributed by atoms with E-state index in [9.17, 15) is 4.39 Å². The van der Waals surface area contributed by atoms with Crippen LogP contribution in [-0.4, -0.2) is 47.0 Å². The minimum atomic E-state index is -0.180. The number of nitrogens with zero attached hydrogens (tertiary/aromatic N) is 3. The van der Waals surface area contributed by atoms with Crippen LogP contribution in [0.1, 0.15) is 24.0 Å². The molecule has 26 heavy (non-hydrogen) atoms. The molecule has 4 heteroatoms. The van der Waals surface area contributed by atoms with Gasteiger partial charge in [0.1, 0.15) is 5.82 Å². The molecule has 0 aliphatic carbocycles. The highest BCUT2D eigenvalue weighted by molar-refractivity contribution is 5.49. The highest BCUT2D eigenvalue weighted by Crippen LogP contribution is 2.28. The van der Waals surface area contributed by atoms with Gasteiger partial charge in [-0.15, -0.1) is 0 Å². The predicted molar refractivity (Wildman–Crippen MR) is 103 cm³/mol. The second-order valence-corrected chi connectivity index (χ2v) is 7.56. The number of hydrogen-bond donors (Lipinski definition) is 0. The Labute approximate surface area is 155 Å². The monoisotopic (exact) mass is 351 g/mol. The van der Waals surface area contributed by atoms with Crippen molar-refractivity contribution in [2.45, 2.75) is 25.4 Å². The zero-order valence-electron chi connectivity index (χ0n) is 15.1. The molecule has 0 unspecified atom stereocenters. The average molecular weight is 351 g/mol. The molecule has 1 aromatic heterocycles. The van der Waals surface area contributed by atoms with Crippen molar-refractivity contribution >= 4 is 6.08 Å². The fourth-order valence-electron chi connectivity index (χ4n) is 4.28. The minimum Gasteiger partial charge on any atom is -0.297 e. The van der Waals surface area contributed by atoms with Crippen LogP contribution in [0.25, 0.3) is 6.08 Å². The average Bonchev–Trinajstić information content (AvgIpc) is 2.95. The van der Waals surface area contributed by atoms with Crippen LogP contribution in [-0.2, 0) is 6.54 Å². The van der Waals surface area contributed by atoms with Gasteiger partial charge in [-0.3, -0.25) is 14.8 Å². The van der Waals surface area contributed by atoms with E-state index in [1.54, 1.807) is 0 Å². The second-order valence-electron chi connectivity index (χ2n) is 7.56. The van der Waals surface area contributed by atoms with E-state index >= 15 is 0 Å². The minimum absolute atomic E-state index is 0.180. The first kappa shape index (κ1) is 17.4. The molecule has 0 amide bonds. The van der Waals surface area contributed by atoms with Crippen molar-refractivity contribution in [2.75, 3.05) is 26.2 Å². The lowest BCUT2D eigenvalue weighted by molar-refractivity contribution is 0.146. The first-order valence-electron chi connectivity index (χ1n) is 9.54. The summed E-state index contributed by atoms with van der Waals surface area (Å²) in [6.07, 6.45) is 10.8. The molecule has 2 atom stereocenters. The van der Waals surface area contributed by atoms with Crippen LogP contribution in [0, 0.1) is 11.7 Å². The van der Waals surface area contributed by atoms with E-state index < -0.39 is 0 Å². The fraction of sp³-hybridized carbons (Fsp3) is 0.409. The number of halogens is 1. The van der Waals surface area contributed by atoms with Crippen LogP contribution in [0.3, 0.4) is 0 Å². The van der Waals surface area contributed by atoms with E-state index in [1.165, 1.54) is 43.6 Å². The molecule has 3 nitrogen and oxygen atoms in total. The van der Waals surface area contributed by atoms with Crippen LogP contribution >= 0.6 is 0 Å². The number of aromatic nitrogens is 1. The molecule has 4 heterocycles. The van der Waals surface area contributed by atoms with Crippen LogP contribution in [0.4, 0.5) is 4.39 Å². The lowest BCUT2D eigenvalue weighted by atomic mass is 9.95. The van der Waals surface area contributed by atoms with Crippen molar-refractivity contribution in [3.8, 4) is 0 Å². The highest BCUT2D eigenvalue weighted by Gasteiger charge is 2.33. The Kier molecular flexibility index (Phi) is 5.42. The molecule has 0 spiro atoms. The van der Waals surface area contributed by atoms with Gasteiger partial charge in [0.15, 0.2) is 0 Å². The number of piperidine rings is 1. The Bertz CT molecular complexity index is 729. The predicted octanol–water partition coefficient (Wildman–Crippen LogP) is 3.83. The number of benzene rings is 1. The standard InChI is InChI=1S/C22H26FN3/c23-21-8-5-18(6-9-21)4-2-12-26-16-20-7-10-22(26)17-25(15-20)14-19-3-1-11-24-13-19/h1-6,8-9,11,13,20,22H,7,10,12,14-17H2/b4-2+/t20-,22+/m0/s1. The number of fused-ring (bicyclic) bond motifs is 4. The van der Waals surface area contributed by atoms with Gasteiger partial charge in [-0.1, -0.05) is 30.4 Å². The first-order valence-corrected chi connectivity index (χ1v) is 9.54. The summed E-state index contributed by atoms with van der Waals surface area (Å²) in [7, 11) is 0. The van der Waals surface area contributed by atoms with E-state index in [4.69, 9.17) is 0 Å². The summed E-state index contributed by atoms with van der Waals surface area (Å²) in [5.74, 6) is 0.574. The quantitative estimate of drug-likeness (QED) is 0.816. The third-order valence-corrected chi connectivity index (χ3v) is 5.55. The van der Waals surface area contributed by atoms with Crippen LogP contribution in [0.5, 0.6) is 0 Å². The molecule has 1 aromatic carbocycles. The molecule has 5 rings (SSSR count). The van der Waals surface area contributed by atoms with Crippen molar-refractivity contribution in [1.29, 1.82) is 0 Å². The molecular weight excluding hydrogens is 325 g/mol. The van der Waals surface area contributed by atoms with Crippen molar-refractivity contribution < 1.29 is 4.39 Å². The molecule has 2 bridgehead atoms. The molecular formula is C22H26FN3. The van der Waals surface area contributed by atoms with Crippen LogP contribution in [0.15, 0.2) is 54.9 Å². The Morgan fingerprint density at radius 1 is 1.08 bits per heavy atom. The number of pyridine rings is 1. The van der Waals surface area contributed by atoms with Gasteiger partial charge in [-0.2, -0.15) is 0 Å². The molecule has 3 aliphatic heterocycles. The van der Waals surface area contributed by atoms with E-state index in [0.29, 0.717) is 6.04 Å². The molecule has 2 aromatic rings. The zero-order chi connectivity index (χ0) is 17.8. The lowest BCUT2D eigenvalue weighted by Gasteiger charge is -2.35. The Morgan fingerprint density at radius 3 is 2.77 bits per heavy atom. The topological polar surface area (TPSA) is 19.4 Å². The molecule has 3 saturated heterocycles. The Hall–Kier alpha value is -2.04. The lowest BCUT2D eigenvalue weighted by Crippen LogP contribution is -2.43. The Morgan fingerprint density at radius 2 is 1.96 bits per heavy atom. The van der Waals surface area contributed by atoms with Crippen LogP contribution < -0.4 is 0 Å². The van der Waals surface area contributed by atoms with Gasteiger partial charge < -0.3 is 0 Å². The summed E-state index contributed by atoms with van der Waals surface area (Å²) in [6.45, 7) is 5.47. The number of rotatable bonds is 5. The molecule has 0 N–H and O–H groups in total. The summed E-state index contributed by atoms with van der Waals surface area (Å²) in [5.41, 5.74) is 2.36. The van der Waals surface area contributed by atoms with Gasteiger partial charge in [0.05, 0.1) is 0 Å². The van der Waals surface area contributed by atoms with Gasteiger partial charge in [0.2, 0.25) is 0 Å². The molecule has 0 saturated carbocycles. The van der Waals surface area contributed by atoms with Crippen molar-refractivity contribution in [3.05, 3.63) is 71.8 Å². The summed E-state index contributed by atoms with van der Waals surface area (Å²) in [4.78, 5) is 9.47. The Balaban J connectivity index is 1.36. The highest BCUT2D eigenvalue weighted by atomic mass is 19.1. The largest absolute Gasteiger partial charge is 0.297 e. The normalized spacial score (nSPS) is 24.2. The van der Waals surface area contributed by atoms with Gasteiger partial charge in [-0.25, -0.2) is 4.39 Å². The third-order valence-electron chi connectivity index (χ3n) is 5.55. The second kappa shape index (κ2) is 8.11. The summed E-state index contributed by atoms with van der Waals surface area (Å²) < 4.78 is 13.0. The van der Waals surface area contributed by atoms with Crippen molar-refractivity contribution in [2.24, 2.45) is 5.92 Å². The summed E-state index contributed by atoms with van der Waals surface area (Å²) in [5, 5.41) is 0.